The van der Waals surface area contributed by atoms with Crippen LogP contribution in [0.25, 0.3) is 0 Å². The van der Waals surface area contributed by atoms with Crippen LogP contribution in [0.5, 0.6) is 11.6 Å². The van der Waals surface area contributed by atoms with Crippen molar-refractivity contribution in [2.75, 3.05) is 0 Å². The quantitative estimate of drug-likeness (QED) is 0.673. The first-order chi connectivity index (χ1) is 8.56. The first-order valence-corrected chi connectivity index (χ1v) is 5.65. The highest BCUT2D eigenvalue weighted by Gasteiger charge is 2.06. The van der Waals surface area contributed by atoms with E-state index in [1.54, 1.807) is 0 Å². The molecule has 0 aliphatic heterocycles. The van der Waals surface area contributed by atoms with Crippen molar-refractivity contribution in [3.63, 3.8) is 0 Å². The third-order valence-corrected chi connectivity index (χ3v) is 2.63. The Morgan fingerprint density at radius 1 is 1.33 bits per heavy atom. The molecule has 0 unspecified atom stereocenters. The number of nitrogens with one attached hydrogen (secondary N) is 1. The van der Waals surface area contributed by atoms with Crippen molar-refractivity contribution in [1.29, 1.82) is 5.41 Å². The molecule has 3 N–H and O–H groups in total. The Morgan fingerprint density at radius 2 is 2.11 bits per heavy atom. The minimum atomic E-state index is -0.368. The van der Waals surface area contributed by atoms with Crippen LogP contribution in [-0.4, -0.2) is 15.8 Å². The molecule has 2 aromatic rings. The van der Waals surface area contributed by atoms with Crippen molar-refractivity contribution in [2.45, 2.75) is 0 Å². The summed E-state index contributed by atoms with van der Waals surface area (Å²) < 4.78 is 18.7. The second kappa shape index (κ2) is 5.09. The largest absolute Gasteiger partial charge is 0.436 e. The maximum atomic E-state index is 12.9. The molecule has 2 rings (SSSR count). The first kappa shape index (κ1) is 12.4. The average molecular weight is 311 g/mol. The van der Waals surface area contributed by atoms with Crippen LogP contribution >= 0.6 is 15.9 Å². The first-order valence-electron chi connectivity index (χ1n) is 4.85. The lowest BCUT2D eigenvalue weighted by atomic mass is 10.3. The van der Waals surface area contributed by atoms with Gasteiger partial charge in [0, 0.05) is 0 Å². The molecule has 5 nitrogen and oxygen atoms in total. The summed E-state index contributed by atoms with van der Waals surface area (Å²) in [5, 5.41) is 7.17. The number of nitrogens with two attached hydrogens (primary N) is 1. The van der Waals surface area contributed by atoms with Crippen LogP contribution in [0.2, 0.25) is 0 Å². The summed E-state index contributed by atoms with van der Waals surface area (Å²) in [4.78, 5) is 7.83. The number of nitrogens with zero attached hydrogens (tertiary/aromatic N) is 2. The fourth-order valence-corrected chi connectivity index (χ4v) is 1.61. The maximum Gasteiger partial charge on any atom is 0.237 e. The summed E-state index contributed by atoms with van der Waals surface area (Å²) in [6.45, 7) is 0. The van der Waals surface area contributed by atoms with E-state index in [1.807, 2.05) is 0 Å². The van der Waals surface area contributed by atoms with Gasteiger partial charge in [-0.05, 0) is 34.1 Å². The van der Waals surface area contributed by atoms with E-state index < -0.39 is 0 Å². The third-order valence-electron chi connectivity index (χ3n) is 2.01. The van der Waals surface area contributed by atoms with Gasteiger partial charge in [0.2, 0.25) is 5.88 Å². The molecule has 0 radical (unpaired) electrons. The number of hydrogen-bond acceptors (Lipinski definition) is 4. The zero-order chi connectivity index (χ0) is 13.1. The number of halogens is 2. The molecule has 7 heteroatoms. The van der Waals surface area contributed by atoms with Crippen molar-refractivity contribution in [1.82, 2.24) is 9.97 Å². The normalized spacial score (nSPS) is 10.1. The fourth-order valence-electron chi connectivity index (χ4n) is 1.18. The number of rotatable bonds is 3. The van der Waals surface area contributed by atoms with Crippen molar-refractivity contribution in [3.8, 4) is 11.6 Å². The average Bonchev–Trinajstić information content (AvgIpc) is 2.33. The molecular formula is C11H8BrFN4O. The molecule has 18 heavy (non-hydrogen) atoms. The summed E-state index contributed by atoms with van der Waals surface area (Å²) in [7, 11) is 0. The second-order valence-corrected chi connectivity index (χ2v) is 4.18. The molecule has 1 aromatic heterocycles. The number of nitrogen functional groups attached to an aromatic ring is 1. The number of hydrogen-bond donors (Lipinski definition) is 2. The van der Waals surface area contributed by atoms with Crippen LogP contribution in [0.4, 0.5) is 4.39 Å². The number of aromatic nitrogens is 2. The van der Waals surface area contributed by atoms with Gasteiger partial charge in [0.25, 0.3) is 0 Å². The van der Waals surface area contributed by atoms with Gasteiger partial charge in [-0.15, -0.1) is 0 Å². The summed E-state index contributed by atoms with van der Waals surface area (Å²) in [6.07, 6.45) is 2.67. The second-order valence-electron chi connectivity index (χ2n) is 3.33. The molecule has 0 atom stereocenters. The lowest BCUT2D eigenvalue weighted by Crippen LogP contribution is -2.13. The van der Waals surface area contributed by atoms with Gasteiger partial charge >= 0.3 is 0 Å². The molecule has 92 valence electrons. The smallest absolute Gasteiger partial charge is 0.237 e. The van der Waals surface area contributed by atoms with Crippen LogP contribution < -0.4 is 10.5 Å². The molecule has 0 aliphatic carbocycles. The standard InChI is InChI=1S/C11H8BrFN4O/c12-7-3-6(13)1-2-9(7)18-10-5-16-8(4-17-10)11(14)15/h1-5H,(H3,14,15). The number of amidine groups is 1. The zero-order valence-electron chi connectivity index (χ0n) is 9.02. The van der Waals surface area contributed by atoms with Crippen LogP contribution in [0.15, 0.2) is 35.1 Å². The molecule has 1 heterocycles. The van der Waals surface area contributed by atoms with Crippen molar-refractivity contribution >= 4 is 21.8 Å². The molecule has 0 fully saturated rings. The van der Waals surface area contributed by atoms with E-state index in [2.05, 4.69) is 25.9 Å². The molecule has 0 spiro atoms. The van der Waals surface area contributed by atoms with Gasteiger partial charge in [-0.2, -0.15) is 0 Å². The zero-order valence-corrected chi connectivity index (χ0v) is 10.6. The molecular weight excluding hydrogens is 303 g/mol. The SMILES string of the molecule is N=C(N)c1cnc(Oc2ccc(F)cc2Br)cn1. The lowest BCUT2D eigenvalue weighted by Gasteiger charge is -2.06. The number of ether oxygens (including phenoxy) is 1. The summed E-state index contributed by atoms with van der Waals surface area (Å²) >= 11 is 3.17. The monoisotopic (exact) mass is 310 g/mol. The van der Waals surface area contributed by atoms with Gasteiger partial charge in [-0.1, -0.05) is 0 Å². The Bertz CT molecular complexity index is 588. The molecule has 0 saturated carbocycles. The Labute approximate surface area is 110 Å². The van der Waals surface area contributed by atoms with Crippen molar-refractivity contribution in [2.24, 2.45) is 5.73 Å². The highest BCUT2D eigenvalue weighted by molar-refractivity contribution is 9.10. The molecule has 0 aliphatic rings. The van der Waals surface area contributed by atoms with Crippen LogP contribution in [0.3, 0.4) is 0 Å². The van der Waals surface area contributed by atoms with Gasteiger partial charge in [0.1, 0.15) is 23.1 Å². The predicted octanol–water partition coefficient (Wildman–Crippen LogP) is 2.45. The fraction of sp³-hybridized carbons (Fsp3) is 0. The maximum absolute atomic E-state index is 12.9. The van der Waals surface area contributed by atoms with E-state index in [-0.39, 0.29) is 23.2 Å². The van der Waals surface area contributed by atoms with Crippen LogP contribution in [0, 0.1) is 11.2 Å². The third kappa shape index (κ3) is 2.80. The van der Waals surface area contributed by atoms with Crippen molar-refractivity contribution in [3.05, 3.63) is 46.6 Å². The Kier molecular flexibility index (Phi) is 3.52. The summed E-state index contributed by atoms with van der Waals surface area (Å²) in [6, 6.07) is 4.03. The van der Waals surface area contributed by atoms with Gasteiger partial charge in [-0.25, -0.2) is 14.4 Å². The molecule has 0 bridgehead atoms. The minimum Gasteiger partial charge on any atom is -0.436 e. The van der Waals surface area contributed by atoms with Gasteiger partial charge in [0.15, 0.2) is 0 Å². The van der Waals surface area contributed by atoms with E-state index >= 15 is 0 Å². The van der Waals surface area contributed by atoms with E-state index in [9.17, 15) is 4.39 Å². The summed E-state index contributed by atoms with van der Waals surface area (Å²) in [5.74, 6) is 0.109. The van der Waals surface area contributed by atoms with E-state index in [0.29, 0.717) is 10.2 Å². The Morgan fingerprint density at radius 3 is 2.67 bits per heavy atom. The summed E-state index contributed by atoms with van der Waals surface area (Å²) in [5.41, 5.74) is 5.51. The van der Waals surface area contributed by atoms with Gasteiger partial charge in [0.05, 0.1) is 16.9 Å². The van der Waals surface area contributed by atoms with Gasteiger partial charge < -0.3 is 10.5 Å². The highest BCUT2D eigenvalue weighted by atomic mass is 79.9. The predicted molar refractivity (Wildman–Crippen MR) is 67.2 cm³/mol. The molecule has 0 saturated heterocycles. The topological polar surface area (TPSA) is 84.9 Å². The Balaban J connectivity index is 2.21. The highest BCUT2D eigenvalue weighted by Crippen LogP contribution is 2.28. The minimum absolute atomic E-state index is 0.169. The van der Waals surface area contributed by atoms with Gasteiger partial charge in [-0.3, -0.25) is 5.41 Å². The van der Waals surface area contributed by atoms with E-state index in [1.165, 1.54) is 30.6 Å². The molecule has 1 aromatic carbocycles. The van der Waals surface area contributed by atoms with E-state index in [0.717, 1.165) is 0 Å². The van der Waals surface area contributed by atoms with Crippen LogP contribution in [-0.2, 0) is 0 Å². The lowest BCUT2D eigenvalue weighted by molar-refractivity contribution is 0.455. The van der Waals surface area contributed by atoms with Crippen molar-refractivity contribution < 1.29 is 9.13 Å². The van der Waals surface area contributed by atoms with E-state index in [4.69, 9.17) is 15.9 Å². The van der Waals surface area contributed by atoms with Crippen LogP contribution in [0.1, 0.15) is 5.69 Å². The number of benzene rings is 1. The molecule has 0 amide bonds. The Hall–Kier alpha value is -2.02.